The highest BCUT2D eigenvalue weighted by molar-refractivity contribution is 6.32. The molecule has 0 unspecified atom stereocenters. The number of nitrogens with one attached hydrogen (secondary N) is 1. The van der Waals surface area contributed by atoms with Gasteiger partial charge < -0.3 is 19.9 Å². The first-order valence-electron chi connectivity index (χ1n) is 10.4. The van der Waals surface area contributed by atoms with Gasteiger partial charge in [0.2, 0.25) is 0 Å². The fourth-order valence-corrected chi connectivity index (χ4v) is 3.37. The number of carbonyl (C=O) groups is 2. The number of hydrogen-bond acceptors (Lipinski definition) is 4. The summed E-state index contributed by atoms with van der Waals surface area (Å²) in [4.78, 5) is 24.1. The molecule has 0 saturated carbocycles. The molecule has 0 fully saturated rings. The summed E-state index contributed by atoms with van der Waals surface area (Å²) in [5.41, 5.74) is 1.64. The van der Waals surface area contributed by atoms with Crippen molar-refractivity contribution in [2.45, 2.75) is 13.3 Å². The number of aliphatic carboxylic acids is 1. The van der Waals surface area contributed by atoms with Gasteiger partial charge in [0.05, 0.1) is 18.2 Å². The SMILES string of the molecule is CCOc1cc(C=C(NC(=O)c2ccccc2)C(=O)O)cc(Cl)c1OCCc1ccccc1. The second-order valence-electron chi connectivity index (χ2n) is 7.03. The van der Waals surface area contributed by atoms with E-state index in [9.17, 15) is 14.7 Å². The van der Waals surface area contributed by atoms with Crippen LogP contribution in [-0.4, -0.2) is 30.2 Å². The first-order chi connectivity index (χ1) is 16.0. The summed E-state index contributed by atoms with van der Waals surface area (Å²) in [6.07, 6.45) is 2.02. The van der Waals surface area contributed by atoms with Crippen LogP contribution in [0.2, 0.25) is 5.02 Å². The van der Waals surface area contributed by atoms with E-state index in [0.717, 1.165) is 5.56 Å². The van der Waals surface area contributed by atoms with Gasteiger partial charge in [-0.3, -0.25) is 4.79 Å². The van der Waals surface area contributed by atoms with Crippen LogP contribution in [0.15, 0.2) is 78.5 Å². The Morgan fingerprint density at radius 3 is 2.30 bits per heavy atom. The molecule has 0 atom stereocenters. The normalized spacial score (nSPS) is 11.0. The van der Waals surface area contributed by atoms with Crippen LogP contribution in [0.25, 0.3) is 6.08 Å². The number of carboxylic acids is 1. The summed E-state index contributed by atoms with van der Waals surface area (Å²) in [5, 5.41) is 12.3. The molecule has 7 heteroatoms. The Labute approximate surface area is 197 Å². The van der Waals surface area contributed by atoms with Crippen molar-refractivity contribution in [1.29, 1.82) is 0 Å². The smallest absolute Gasteiger partial charge is 0.352 e. The molecule has 2 N–H and O–H groups in total. The summed E-state index contributed by atoms with van der Waals surface area (Å²) < 4.78 is 11.6. The van der Waals surface area contributed by atoms with Gasteiger partial charge in [-0.15, -0.1) is 0 Å². The molecule has 0 radical (unpaired) electrons. The Balaban J connectivity index is 1.81. The third-order valence-electron chi connectivity index (χ3n) is 4.64. The van der Waals surface area contributed by atoms with Gasteiger partial charge in [-0.2, -0.15) is 0 Å². The number of amides is 1. The van der Waals surface area contributed by atoms with Gasteiger partial charge in [0.1, 0.15) is 5.70 Å². The monoisotopic (exact) mass is 465 g/mol. The lowest BCUT2D eigenvalue weighted by atomic mass is 10.1. The molecule has 0 aliphatic heterocycles. The molecule has 0 aliphatic carbocycles. The summed E-state index contributed by atoms with van der Waals surface area (Å²) in [6, 6.07) is 21.5. The van der Waals surface area contributed by atoms with E-state index in [0.29, 0.717) is 42.3 Å². The highest BCUT2D eigenvalue weighted by Gasteiger charge is 2.16. The molecule has 3 aromatic carbocycles. The Morgan fingerprint density at radius 2 is 1.67 bits per heavy atom. The summed E-state index contributed by atoms with van der Waals surface area (Å²) in [7, 11) is 0. The van der Waals surface area contributed by atoms with Crippen molar-refractivity contribution in [1.82, 2.24) is 5.32 Å². The van der Waals surface area contributed by atoms with Crippen molar-refractivity contribution in [3.05, 3.63) is 100 Å². The molecule has 0 saturated heterocycles. The molecule has 0 aromatic heterocycles. The number of rotatable bonds is 10. The standard InChI is InChI=1S/C26H24ClNO5/c1-2-32-23-17-19(15-21(27)24(23)33-14-13-18-9-5-3-6-10-18)16-22(26(30)31)28-25(29)20-11-7-4-8-12-20/h3-12,15-17H,2,13-14H2,1H3,(H,28,29)(H,30,31). The van der Waals surface area contributed by atoms with Crippen LogP contribution in [0.4, 0.5) is 0 Å². The maximum atomic E-state index is 12.4. The van der Waals surface area contributed by atoms with Crippen molar-refractivity contribution >= 4 is 29.6 Å². The molecule has 3 aromatic rings. The minimum Gasteiger partial charge on any atom is -0.490 e. The Bertz CT molecular complexity index is 1130. The molecule has 1 amide bonds. The Morgan fingerprint density at radius 1 is 1.00 bits per heavy atom. The lowest BCUT2D eigenvalue weighted by Gasteiger charge is -2.15. The maximum absolute atomic E-state index is 12.4. The zero-order valence-corrected chi connectivity index (χ0v) is 18.8. The van der Waals surface area contributed by atoms with Gasteiger partial charge in [0.15, 0.2) is 11.5 Å². The number of hydrogen-bond donors (Lipinski definition) is 2. The van der Waals surface area contributed by atoms with Crippen LogP contribution < -0.4 is 14.8 Å². The number of halogens is 1. The van der Waals surface area contributed by atoms with E-state index in [-0.39, 0.29) is 10.7 Å². The minimum absolute atomic E-state index is 0.277. The predicted octanol–water partition coefficient (Wildman–Crippen LogP) is 5.22. The molecule has 0 aliphatic rings. The summed E-state index contributed by atoms with van der Waals surface area (Å²) >= 11 is 6.45. The zero-order chi connectivity index (χ0) is 23.6. The molecule has 33 heavy (non-hydrogen) atoms. The second-order valence-corrected chi connectivity index (χ2v) is 7.44. The van der Waals surface area contributed by atoms with Crippen molar-refractivity contribution in [3.8, 4) is 11.5 Å². The fourth-order valence-electron chi connectivity index (χ4n) is 3.09. The van der Waals surface area contributed by atoms with Crippen molar-refractivity contribution in [2.24, 2.45) is 0 Å². The second kappa shape index (κ2) is 11.7. The quantitative estimate of drug-likeness (QED) is 0.401. The average molecular weight is 466 g/mol. The van der Waals surface area contributed by atoms with Crippen LogP contribution in [0.3, 0.4) is 0 Å². The molecule has 6 nitrogen and oxygen atoms in total. The number of carbonyl (C=O) groups excluding carboxylic acids is 1. The first kappa shape index (κ1) is 23.9. The van der Waals surface area contributed by atoms with Crippen LogP contribution in [0.1, 0.15) is 28.4 Å². The minimum atomic E-state index is -1.28. The number of benzene rings is 3. The maximum Gasteiger partial charge on any atom is 0.352 e. The Kier molecular flexibility index (Phi) is 8.49. The van der Waals surface area contributed by atoms with Gasteiger partial charge >= 0.3 is 5.97 Å². The van der Waals surface area contributed by atoms with E-state index >= 15 is 0 Å². The van der Waals surface area contributed by atoms with Crippen LogP contribution in [0, 0.1) is 0 Å². The van der Waals surface area contributed by atoms with Gasteiger partial charge in [-0.1, -0.05) is 60.1 Å². The van der Waals surface area contributed by atoms with E-state index in [4.69, 9.17) is 21.1 Å². The van der Waals surface area contributed by atoms with E-state index < -0.39 is 11.9 Å². The predicted molar refractivity (Wildman–Crippen MR) is 128 cm³/mol. The molecule has 0 heterocycles. The molecular formula is C26H24ClNO5. The van der Waals surface area contributed by atoms with E-state index in [1.165, 1.54) is 6.08 Å². The lowest BCUT2D eigenvalue weighted by Crippen LogP contribution is -2.27. The lowest BCUT2D eigenvalue weighted by molar-refractivity contribution is -0.132. The first-order valence-corrected chi connectivity index (χ1v) is 10.8. The highest BCUT2D eigenvalue weighted by Crippen LogP contribution is 2.37. The van der Waals surface area contributed by atoms with E-state index in [1.54, 1.807) is 42.5 Å². The van der Waals surface area contributed by atoms with Gasteiger partial charge in [-0.05, 0) is 48.4 Å². The van der Waals surface area contributed by atoms with Gasteiger partial charge in [-0.25, -0.2) is 4.79 Å². The third-order valence-corrected chi connectivity index (χ3v) is 4.92. The zero-order valence-electron chi connectivity index (χ0n) is 18.1. The highest BCUT2D eigenvalue weighted by atomic mass is 35.5. The topological polar surface area (TPSA) is 84.9 Å². The molecule has 0 bridgehead atoms. The number of carboxylic acid groups (broad SMARTS) is 1. The summed E-state index contributed by atoms with van der Waals surface area (Å²) in [6.45, 7) is 2.59. The van der Waals surface area contributed by atoms with E-state index in [2.05, 4.69) is 5.32 Å². The van der Waals surface area contributed by atoms with Gasteiger partial charge in [0, 0.05) is 12.0 Å². The number of ether oxygens (including phenoxy) is 2. The van der Waals surface area contributed by atoms with E-state index in [1.807, 2.05) is 37.3 Å². The van der Waals surface area contributed by atoms with Crippen molar-refractivity contribution < 1.29 is 24.2 Å². The molecular weight excluding hydrogens is 442 g/mol. The molecule has 170 valence electrons. The van der Waals surface area contributed by atoms with Crippen LogP contribution in [0.5, 0.6) is 11.5 Å². The molecule has 3 rings (SSSR count). The summed E-state index contributed by atoms with van der Waals surface area (Å²) in [5.74, 6) is -1.03. The van der Waals surface area contributed by atoms with Gasteiger partial charge in [0.25, 0.3) is 5.91 Å². The Hall–Kier alpha value is -3.77. The van der Waals surface area contributed by atoms with Crippen molar-refractivity contribution in [3.63, 3.8) is 0 Å². The third kappa shape index (κ3) is 6.85. The fraction of sp³-hybridized carbons (Fsp3) is 0.154. The average Bonchev–Trinajstić information content (AvgIpc) is 2.81. The van der Waals surface area contributed by atoms with Crippen LogP contribution in [-0.2, 0) is 11.2 Å². The molecule has 0 spiro atoms. The largest absolute Gasteiger partial charge is 0.490 e. The van der Waals surface area contributed by atoms with Crippen molar-refractivity contribution in [2.75, 3.05) is 13.2 Å². The van der Waals surface area contributed by atoms with Crippen LogP contribution >= 0.6 is 11.6 Å².